The molecule has 2 aliphatic heterocycles. The zero-order valence-electron chi connectivity index (χ0n) is 15.4. The van der Waals surface area contributed by atoms with E-state index >= 15 is 0 Å². The van der Waals surface area contributed by atoms with Crippen LogP contribution in [0, 0.1) is 0 Å². The van der Waals surface area contributed by atoms with Crippen LogP contribution in [0.1, 0.15) is 32.6 Å². The zero-order chi connectivity index (χ0) is 16.8. The molecule has 0 spiro atoms. The molecule has 1 aromatic carbocycles. The first-order valence-corrected chi connectivity index (χ1v) is 9.67. The molecule has 1 atom stereocenters. The lowest BCUT2D eigenvalue weighted by molar-refractivity contribution is 0.151. The SMILES string of the molecule is CCOc1ccccc1N1CCN(CCC2CCCCN2C)CC1. The van der Waals surface area contributed by atoms with Gasteiger partial charge >= 0.3 is 0 Å². The third-order valence-electron chi connectivity index (χ3n) is 5.58. The molecule has 0 N–H and O–H groups in total. The molecular weight excluding hydrogens is 298 g/mol. The molecule has 0 amide bonds. The van der Waals surface area contributed by atoms with Gasteiger partial charge in [-0.05, 0) is 58.5 Å². The Balaban J connectivity index is 1.47. The quantitative estimate of drug-likeness (QED) is 0.797. The van der Waals surface area contributed by atoms with Gasteiger partial charge in [-0.25, -0.2) is 0 Å². The maximum Gasteiger partial charge on any atom is 0.142 e. The topological polar surface area (TPSA) is 19.0 Å². The predicted octanol–water partition coefficient (Wildman–Crippen LogP) is 3.08. The lowest BCUT2D eigenvalue weighted by atomic mass is 10.00. The molecule has 2 aliphatic rings. The molecule has 0 bridgehead atoms. The second kappa shape index (κ2) is 8.72. The van der Waals surface area contributed by atoms with Gasteiger partial charge in [0.1, 0.15) is 5.75 Å². The number of anilines is 1. The zero-order valence-corrected chi connectivity index (χ0v) is 15.4. The summed E-state index contributed by atoms with van der Waals surface area (Å²) in [7, 11) is 2.30. The second-order valence-electron chi connectivity index (χ2n) is 7.15. The van der Waals surface area contributed by atoms with Gasteiger partial charge in [-0.15, -0.1) is 0 Å². The molecule has 0 aromatic heterocycles. The summed E-state index contributed by atoms with van der Waals surface area (Å²) >= 11 is 0. The normalized spacial score (nSPS) is 23.4. The fraction of sp³-hybridized carbons (Fsp3) is 0.700. The maximum atomic E-state index is 5.79. The predicted molar refractivity (Wildman–Crippen MR) is 101 cm³/mol. The van der Waals surface area contributed by atoms with Crippen molar-refractivity contribution >= 4 is 5.69 Å². The second-order valence-corrected chi connectivity index (χ2v) is 7.15. The number of benzene rings is 1. The number of para-hydroxylation sites is 2. The van der Waals surface area contributed by atoms with Crippen LogP contribution in [-0.4, -0.2) is 68.8 Å². The van der Waals surface area contributed by atoms with Gasteiger partial charge < -0.3 is 14.5 Å². The fourth-order valence-corrected chi connectivity index (χ4v) is 4.05. The Labute approximate surface area is 147 Å². The minimum Gasteiger partial charge on any atom is -0.492 e. The summed E-state index contributed by atoms with van der Waals surface area (Å²) in [6, 6.07) is 9.26. The number of hydrogen-bond acceptors (Lipinski definition) is 4. The molecule has 1 aromatic rings. The van der Waals surface area contributed by atoms with Crippen molar-refractivity contribution in [2.75, 3.05) is 57.8 Å². The smallest absolute Gasteiger partial charge is 0.142 e. The van der Waals surface area contributed by atoms with Crippen molar-refractivity contribution in [3.8, 4) is 5.75 Å². The van der Waals surface area contributed by atoms with Gasteiger partial charge in [0.2, 0.25) is 0 Å². The van der Waals surface area contributed by atoms with E-state index in [1.807, 2.05) is 0 Å². The summed E-state index contributed by atoms with van der Waals surface area (Å²) in [6.45, 7) is 9.84. The Morgan fingerprint density at radius 3 is 2.58 bits per heavy atom. The highest BCUT2D eigenvalue weighted by molar-refractivity contribution is 5.58. The van der Waals surface area contributed by atoms with Crippen molar-refractivity contribution in [3.05, 3.63) is 24.3 Å². The first kappa shape index (κ1) is 17.6. The molecular formula is C20H33N3O. The van der Waals surface area contributed by atoms with Gasteiger partial charge in [0.15, 0.2) is 0 Å². The van der Waals surface area contributed by atoms with Gasteiger partial charge in [0.25, 0.3) is 0 Å². The van der Waals surface area contributed by atoms with Gasteiger partial charge in [-0.2, -0.15) is 0 Å². The van der Waals surface area contributed by atoms with Gasteiger partial charge in [0.05, 0.1) is 12.3 Å². The minimum absolute atomic E-state index is 0.728. The van der Waals surface area contributed by atoms with Crippen molar-refractivity contribution in [3.63, 3.8) is 0 Å². The maximum absolute atomic E-state index is 5.79. The Bertz CT molecular complexity index is 499. The van der Waals surface area contributed by atoms with E-state index in [9.17, 15) is 0 Å². The van der Waals surface area contributed by atoms with Crippen LogP contribution < -0.4 is 9.64 Å². The van der Waals surface area contributed by atoms with E-state index in [1.54, 1.807) is 0 Å². The molecule has 3 rings (SSSR count). The molecule has 0 saturated carbocycles. The van der Waals surface area contributed by atoms with E-state index in [0.717, 1.165) is 44.6 Å². The number of likely N-dealkylation sites (tertiary alicyclic amines) is 1. The summed E-state index contributed by atoms with van der Waals surface area (Å²) in [4.78, 5) is 7.69. The molecule has 0 aliphatic carbocycles. The summed E-state index contributed by atoms with van der Waals surface area (Å²) in [5.74, 6) is 1.03. The van der Waals surface area contributed by atoms with Crippen LogP contribution in [0.15, 0.2) is 24.3 Å². The third kappa shape index (κ3) is 4.42. The summed E-state index contributed by atoms with van der Waals surface area (Å²) in [5.41, 5.74) is 1.26. The van der Waals surface area contributed by atoms with E-state index < -0.39 is 0 Å². The molecule has 1 unspecified atom stereocenters. The molecule has 0 radical (unpaired) electrons. The van der Waals surface area contributed by atoms with Crippen LogP contribution in [0.3, 0.4) is 0 Å². The lowest BCUT2D eigenvalue weighted by Crippen LogP contribution is -2.48. The van der Waals surface area contributed by atoms with E-state index in [-0.39, 0.29) is 0 Å². The Morgan fingerprint density at radius 2 is 1.83 bits per heavy atom. The minimum atomic E-state index is 0.728. The summed E-state index contributed by atoms with van der Waals surface area (Å²) < 4.78 is 5.79. The van der Waals surface area contributed by atoms with Crippen LogP contribution in [0.25, 0.3) is 0 Å². The van der Waals surface area contributed by atoms with E-state index in [0.29, 0.717) is 0 Å². The van der Waals surface area contributed by atoms with Gasteiger partial charge in [-0.3, -0.25) is 4.90 Å². The Kier molecular flexibility index (Phi) is 6.38. The van der Waals surface area contributed by atoms with Crippen LogP contribution >= 0.6 is 0 Å². The third-order valence-corrected chi connectivity index (χ3v) is 5.58. The van der Waals surface area contributed by atoms with Crippen molar-refractivity contribution in [1.29, 1.82) is 0 Å². The van der Waals surface area contributed by atoms with Crippen molar-refractivity contribution in [2.24, 2.45) is 0 Å². The first-order valence-electron chi connectivity index (χ1n) is 9.67. The van der Waals surface area contributed by atoms with Crippen LogP contribution in [0.4, 0.5) is 5.69 Å². The van der Waals surface area contributed by atoms with Gasteiger partial charge in [0, 0.05) is 32.2 Å². The molecule has 4 heteroatoms. The van der Waals surface area contributed by atoms with Crippen LogP contribution in [0.2, 0.25) is 0 Å². The lowest BCUT2D eigenvalue weighted by Gasteiger charge is -2.38. The summed E-state index contributed by atoms with van der Waals surface area (Å²) in [6.07, 6.45) is 5.51. The first-order chi connectivity index (χ1) is 11.8. The number of hydrogen-bond donors (Lipinski definition) is 0. The van der Waals surface area contributed by atoms with Crippen LogP contribution in [-0.2, 0) is 0 Å². The molecule has 2 heterocycles. The number of nitrogens with zero attached hydrogens (tertiary/aromatic N) is 3. The molecule has 24 heavy (non-hydrogen) atoms. The highest BCUT2D eigenvalue weighted by Gasteiger charge is 2.22. The van der Waals surface area contributed by atoms with Crippen LogP contribution in [0.5, 0.6) is 5.75 Å². The van der Waals surface area contributed by atoms with Gasteiger partial charge in [-0.1, -0.05) is 18.6 Å². The molecule has 2 fully saturated rings. The standard InChI is InChI=1S/C20H33N3O/c1-3-24-20-10-5-4-9-19(20)23-16-14-22(15-17-23)13-11-18-8-6-7-12-21(18)2/h4-5,9-10,18H,3,6-8,11-17H2,1-2H3. The van der Waals surface area contributed by atoms with Crippen molar-refractivity contribution in [2.45, 2.75) is 38.6 Å². The highest BCUT2D eigenvalue weighted by Crippen LogP contribution is 2.29. The largest absolute Gasteiger partial charge is 0.492 e. The highest BCUT2D eigenvalue weighted by atomic mass is 16.5. The Morgan fingerprint density at radius 1 is 1.04 bits per heavy atom. The number of rotatable bonds is 6. The molecule has 2 saturated heterocycles. The fourth-order valence-electron chi connectivity index (χ4n) is 4.05. The van der Waals surface area contributed by atoms with E-state index in [1.165, 1.54) is 44.5 Å². The average Bonchev–Trinajstić information content (AvgIpc) is 2.62. The number of piperazine rings is 1. The van der Waals surface area contributed by atoms with Crippen molar-refractivity contribution in [1.82, 2.24) is 9.80 Å². The number of piperidine rings is 1. The molecule has 134 valence electrons. The molecule has 4 nitrogen and oxygen atoms in total. The summed E-state index contributed by atoms with van der Waals surface area (Å²) in [5, 5.41) is 0. The monoisotopic (exact) mass is 331 g/mol. The van der Waals surface area contributed by atoms with E-state index in [4.69, 9.17) is 4.74 Å². The average molecular weight is 332 g/mol. The Hall–Kier alpha value is -1.26. The number of ether oxygens (including phenoxy) is 1. The van der Waals surface area contributed by atoms with E-state index in [2.05, 4.69) is 52.9 Å². The van der Waals surface area contributed by atoms with Crippen molar-refractivity contribution < 1.29 is 4.74 Å².